The molecule has 2 heterocycles. The van der Waals surface area contributed by atoms with Gasteiger partial charge in [0.05, 0.1) is 22.9 Å². The second kappa shape index (κ2) is 10.0. The number of carboxylic acids is 1. The van der Waals surface area contributed by atoms with Crippen LogP contribution in [0.3, 0.4) is 0 Å². The number of carbonyl (C=O) groups is 1. The molecule has 1 atom stereocenters. The van der Waals surface area contributed by atoms with Crippen molar-refractivity contribution in [3.8, 4) is 16.3 Å². The second-order valence-corrected chi connectivity index (χ2v) is 11.2. The van der Waals surface area contributed by atoms with E-state index < -0.39 is 5.97 Å². The summed E-state index contributed by atoms with van der Waals surface area (Å²) in [4.78, 5) is 12.2. The number of aromatic nitrogens is 2. The highest BCUT2D eigenvalue weighted by atomic mass is 32.1. The summed E-state index contributed by atoms with van der Waals surface area (Å²) < 4.78 is 9.66. The van der Waals surface area contributed by atoms with Crippen LogP contribution in [0.25, 0.3) is 31.6 Å². The number of fused-ring (bicyclic) bond motifs is 2. The third-order valence-corrected chi connectivity index (χ3v) is 8.56. The molecule has 37 heavy (non-hydrogen) atoms. The predicted molar refractivity (Wildman–Crippen MR) is 149 cm³/mol. The van der Waals surface area contributed by atoms with Crippen molar-refractivity contribution >= 4 is 38.3 Å². The Hall–Kier alpha value is -3.64. The summed E-state index contributed by atoms with van der Waals surface area (Å²) >= 11 is 1.81. The fourth-order valence-electron chi connectivity index (χ4n) is 5.42. The summed E-state index contributed by atoms with van der Waals surface area (Å²) in [6.45, 7) is 2.40. The van der Waals surface area contributed by atoms with Gasteiger partial charge in [0.2, 0.25) is 0 Å². The van der Waals surface area contributed by atoms with Gasteiger partial charge < -0.3 is 9.84 Å². The molecule has 0 spiro atoms. The maximum Gasteiger partial charge on any atom is 0.303 e. The van der Waals surface area contributed by atoms with Crippen molar-refractivity contribution in [2.45, 2.75) is 57.6 Å². The van der Waals surface area contributed by atoms with Crippen molar-refractivity contribution in [2.75, 3.05) is 0 Å². The largest absolute Gasteiger partial charge is 0.489 e. The van der Waals surface area contributed by atoms with Gasteiger partial charge in [0.15, 0.2) is 0 Å². The number of rotatable bonds is 8. The molecule has 0 amide bonds. The summed E-state index contributed by atoms with van der Waals surface area (Å²) in [6.07, 6.45) is 4.99. The first-order chi connectivity index (χ1) is 18.0. The smallest absolute Gasteiger partial charge is 0.303 e. The third-order valence-electron chi connectivity index (χ3n) is 7.44. The van der Waals surface area contributed by atoms with Crippen molar-refractivity contribution in [3.63, 3.8) is 0 Å². The van der Waals surface area contributed by atoms with E-state index in [0.717, 1.165) is 22.6 Å². The average molecular weight is 511 g/mol. The summed E-state index contributed by atoms with van der Waals surface area (Å²) in [5.41, 5.74) is 4.36. The SMILES string of the molecule is CC(CC(=O)O)c1ccc(OCc2ccc3c(-c4cc5ccccc5s4)nn(C4CCCC4)c3c2)cc1. The minimum absolute atomic E-state index is 0.0278. The Labute approximate surface area is 220 Å². The van der Waals surface area contributed by atoms with Gasteiger partial charge in [0, 0.05) is 10.1 Å². The predicted octanol–water partition coefficient (Wildman–Crippen LogP) is 8.19. The minimum Gasteiger partial charge on any atom is -0.489 e. The van der Waals surface area contributed by atoms with Gasteiger partial charge in [-0.15, -0.1) is 11.3 Å². The van der Waals surface area contributed by atoms with Gasteiger partial charge in [-0.3, -0.25) is 9.48 Å². The summed E-state index contributed by atoms with van der Waals surface area (Å²) in [7, 11) is 0. The third kappa shape index (κ3) is 4.86. The molecule has 1 unspecified atom stereocenters. The second-order valence-electron chi connectivity index (χ2n) is 10.1. The number of nitrogens with zero attached hydrogens (tertiary/aromatic N) is 2. The normalized spacial score (nSPS) is 14.9. The zero-order valence-corrected chi connectivity index (χ0v) is 21.7. The highest BCUT2D eigenvalue weighted by Gasteiger charge is 2.23. The van der Waals surface area contributed by atoms with Crippen molar-refractivity contribution in [3.05, 3.63) is 83.9 Å². The Morgan fingerprint density at radius 3 is 2.62 bits per heavy atom. The van der Waals surface area contributed by atoms with Gasteiger partial charge in [-0.25, -0.2) is 0 Å². The first-order valence-corrected chi connectivity index (χ1v) is 13.8. The van der Waals surface area contributed by atoms with Crippen LogP contribution in [0, 0.1) is 0 Å². The molecule has 1 N–H and O–H groups in total. The van der Waals surface area contributed by atoms with Crippen LogP contribution in [-0.2, 0) is 11.4 Å². The number of aliphatic carboxylic acids is 1. The van der Waals surface area contributed by atoms with Crippen molar-refractivity contribution in [1.82, 2.24) is 9.78 Å². The van der Waals surface area contributed by atoms with Crippen LogP contribution in [0.2, 0.25) is 0 Å². The fourth-order valence-corrected chi connectivity index (χ4v) is 6.48. The van der Waals surface area contributed by atoms with Crippen LogP contribution in [0.4, 0.5) is 0 Å². The Balaban J connectivity index is 1.28. The van der Waals surface area contributed by atoms with Crippen molar-refractivity contribution in [1.29, 1.82) is 0 Å². The fraction of sp³-hybridized carbons (Fsp3) is 0.290. The van der Waals surface area contributed by atoms with Gasteiger partial charge in [0.1, 0.15) is 18.1 Å². The van der Waals surface area contributed by atoms with Gasteiger partial charge in [0.25, 0.3) is 0 Å². The molecule has 188 valence electrons. The van der Waals surface area contributed by atoms with E-state index in [4.69, 9.17) is 14.9 Å². The van der Waals surface area contributed by atoms with E-state index in [-0.39, 0.29) is 12.3 Å². The van der Waals surface area contributed by atoms with Crippen LogP contribution in [0.1, 0.15) is 62.1 Å². The van der Waals surface area contributed by atoms with E-state index in [1.54, 1.807) is 11.3 Å². The van der Waals surface area contributed by atoms with Gasteiger partial charge in [-0.1, -0.05) is 62.2 Å². The molecule has 5 aromatic rings. The summed E-state index contributed by atoms with van der Waals surface area (Å²) in [5, 5.41) is 16.7. The van der Waals surface area contributed by atoms with E-state index in [1.807, 2.05) is 31.2 Å². The molecule has 0 bridgehead atoms. The molecule has 2 aromatic heterocycles. The monoisotopic (exact) mass is 510 g/mol. The molecule has 1 saturated carbocycles. The molecule has 3 aromatic carbocycles. The zero-order valence-electron chi connectivity index (χ0n) is 20.9. The first kappa shape index (κ1) is 23.7. The first-order valence-electron chi connectivity index (χ1n) is 13.0. The Kier molecular flexibility index (Phi) is 6.43. The zero-order chi connectivity index (χ0) is 25.4. The number of ether oxygens (including phenoxy) is 1. The molecule has 1 aliphatic carbocycles. The van der Waals surface area contributed by atoms with Crippen LogP contribution in [0.5, 0.6) is 5.75 Å². The van der Waals surface area contributed by atoms with Crippen LogP contribution in [0.15, 0.2) is 72.8 Å². The lowest BCUT2D eigenvalue weighted by atomic mass is 9.98. The lowest BCUT2D eigenvalue weighted by Gasteiger charge is -2.13. The quantitative estimate of drug-likeness (QED) is 0.229. The Morgan fingerprint density at radius 2 is 1.86 bits per heavy atom. The van der Waals surface area contributed by atoms with Crippen LogP contribution in [-0.4, -0.2) is 20.9 Å². The number of hydrogen-bond donors (Lipinski definition) is 1. The van der Waals surface area contributed by atoms with E-state index in [1.165, 1.54) is 51.5 Å². The molecule has 6 heteroatoms. The number of carboxylic acid groups (broad SMARTS) is 1. The van der Waals surface area contributed by atoms with E-state index in [0.29, 0.717) is 12.6 Å². The topological polar surface area (TPSA) is 64.3 Å². The molecule has 5 nitrogen and oxygen atoms in total. The highest BCUT2D eigenvalue weighted by Crippen LogP contribution is 2.40. The number of benzene rings is 3. The van der Waals surface area contributed by atoms with Crippen molar-refractivity contribution in [2.24, 2.45) is 0 Å². The lowest BCUT2D eigenvalue weighted by molar-refractivity contribution is -0.137. The molecular formula is C31H30N2O3S. The summed E-state index contributed by atoms with van der Waals surface area (Å²) in [5.74, 6) is -0.0304. The molecule has 1 aliphatic rings. The molecule has 0 aliphatic heterocycles. The maximum absolute atomic E-state index is 11.0. The molecule has 0 radical (unpaired) electrons. The van der Waals surface area contributed by atoms with Gasteiger partial charge in [-0.05, 0) is 65.6 Å². The number of hydrogen-bond acceptors (Lipinski definition) is 4. The van der Waals surface area contributed by atoms with Gasteiger partial charge >= 0.3 is 5.97 Å². The standard InChI is InChI=1S/C31H30N2O3S/c1-20(16-30(34)35)22-11-13-25(14-12-22)36-19-21-10-15-26-27(17-21)33(24-7-3-4-8-24)32-31(26)29-18-23-6-2-5-9-28(23)37-29/h2,5-6,9-15,17-18,20,24H,3-4,7-8,16,19H2,1H3,(H,34,35). The van der Waals surface area contributed by atoms with E-state index in [2.05, 4.69) is 53.2 Å². The van der Waals surface area contributed by atoms with E-state index in [9.17, 15) is 4.79 Å². The number of thiophene rings is 1. The molecule has 0 saturated heterocycles. The average Bonchev–Trinajstić information content (AvgIpc) is 3.65. The molecule has 6 rings (SSSR count). The van der Waals surface area contributed by atoms with Crippen molar-refractivity contribution < 1.29 is 14.6 Å². The van der Waals surface area contributed by atoms with Crippen LogP contribution < -0.4 is 4.74 Å². The van der Waals surface area contributed by atoms with Crippen LogP contribution >= 0.6 is 11.3 Å². The van der Waals surface area contributed by atoms with E-state index >= 15 is 0 Å². The van der Waals surface area contributed by atoms with Gasteiger partial charge in [-0.2, -0.15) is 5.10 Å². The molecule has 1 fully saturated rings. The Morgan fingerprint density at radius 1 is 1.08 bits per heavy atom. The Bertz CT molecular complexity index is 1530. The lowest BCUT2D eigenvalue weighted by Crippen LogP contribution is -2.06. The molecular weight excluding hydrogens is 480 g/mol. The highest BCUT2D eigenvalue weighted by molar-refractivity contribution is 7.22. The summed E-state index contributed by atoms with van der Waals surface area (Å²) in [6, 6.07) is 25.6. The maximum atomic E-state index is 11.0. The minimum atomic E-state index is -0.782.